The number of halogens is 2. The smallest absolute Gasteiger partial charge is 0.272 e. The second kappa shape index (κ2) is 17.2. The first kappa shape index (κ1) is 34.3. The molecular formula is C36H35ClFN3O4S. The molecule has 238 valence electrons. The summed E-state index contributed by atoms with van der Waals surface area (Å²) in [5, 5.41) is 7.99. The zero-order valence-corrected chi connectivity index (χ0v) is 27.1. The summed E-state index contributed by atoms with van der Waals surface area (Å²) >= 11 is 7.57. The molecule has 4 aromatic rings. The fourth-order valence-electron chi connectivity index (χ4n) is 4.26. The van der Waals surface area contributed by atoms with Gasteiger partial charge in [-0.2, -0.15) is 0 Å². The molecule has 0 saturated carbocycles. The molecule has 3 amide bonds. The van der Waals surface area contributed by atoms with Gasteiger partial charge in [-0.3, -0.25) is 14.4 Å². The lowest BCUT2D eigenvalue weighted by molar-refractivity contribution is -0.116. The Morgan fingerprint density at radius 2 is 1.63 bits per heavy atom. The standard InChI is InChI=1S/C36H35ClFN3O4S/c1-3-5-21-45-27-19-17-25(18-20-27)39-36(44)33(4-2)46-28-14-9-13-26(22-28)40-35(43)32(23-29-30(37)15-10-16-31(29)38)41-34(42)24-11-7-6-8-12-24/h6-20,22-23,33H,3-5,21H2,1-2H3,(H,39,44)(H,40,43)(H,41,42)/b32-23+. The van der Waals surface area contributed by atoms with E-state index in [1.54, 1.807) is 48.5 Å². The van der Waals surface area contributed by atoms with E-state index in [1.165, 1.54) is 36.0 Å². The van der Waals surface area contributed by atoms with Crippen LogP contribution < -0.4 is 20.7 Å². The lowest BCUT2D eigenvalue weighted by Crippen LogP contribution is -2.30. The minimum Gasteiger partial charge on any atom is -0.494 e. The van der Waals surface area contributed by atoms with E-state index in [-0.39, 0.29) is 22.2 Å². The van der Waals surface area contributed by atoms with Gasteiger partial charge in [-0.05, 0) is 85.6 Å². The molecule has 4 rings (SSSR count). The quantitative estimate of drug-likeness (QED) is 0.0716. The van der Waals surface area contributed by atoms with Crippen LogP contribution in [0.25, 0.3) is 6.08 Å². The number of amides is 3. The Labute approximate surface area is 277 Å². The van der Waals surface area contributed by atoms with Gasteiger partial charge in [0, 0.05) is 27.4 Å². The number of carbonyl (C=O) groups is 3. The largest absolute Gasteiger partial charge is 0.494 e. The minimum absolute atomic E-state index is 0.0394. The average Bonchev–Trinajstić information content (AvgIpc) is 3.06. The normalized spacial score (nSPS) is 11.8. The lowest BCUT2D eigenvalue weighted by atomic mass is 10.1. The highest BCUT2D eigenvalue weighted by molar-refractivity contribution is 8.00. The first-order chi connectivity index (χ1) is 22.3. The van der Waals surface area contributed by atoms with Gasteiger partial charge in [0.05, 0.1) is 16.9 Å². The highest BCUT2D eigenvalue weighted by Gasteiger charge is 2.20. The minimum atomic E-state index is -0.683. The number of anilines is 2. The van der Waals surface area contributed by atoms with Gasteiger partial charge in [-0.25, -0.2) is 4.39 Å². The third kappa shape index (κ3) is 9.95. The highest BCUT2D eigenvalue weighted by Crippen LogP contribution is 2.29. The molecule has 0 aliphatic carbocycles. The van der Waals surface area contributed by atoms with Crippen LogP contribution in [0.2, 0.25) is 5.02 Å². The molecule has 0 saturated heterocycles. The summed E-state index contributed by atoms with van der Waals surface area (Å²) in [7, 11) is 0. The number of carbonyl (C=O) groups excluding carboxylic acids is 3. The van der Waals surface area contributed by atoms with Crippen LogP contribution in [0.5, 0.6) is 5.75 Å². The SMILES string of the molecule is CCCCOc1ccc(NC(=O)C(CC)Sc2cccc(NC(=O)/C(=C\c3c(F)cccc3Cl)NC(=O)c3ccccc3)c2)cc1. The number of rotatable bonds is 14. The van der Waals surface area contributed by atoms with Crippen LogP contribution >= 0.6 is 23.4 Å². The maximum absolute atomic E-state index is 14.6. The van der Waals surface area contributed by atoms with Crippen molar-refractivity contribution in [3.8, 4) is 5.75 Å². The summed E-state index contributed by atoms with van der Waals surface area (Å²) in [5.74, 6) is -1.28. The Hall–Kier alpha value is -4.60. The Kier molecular flexibility index (Phi) is 12.8. The molecule has 1 unspecified atom stereocenters. The van der Waals surface area contributed by atoms with E-state index in [1.807, 2.05) is 37.3 Å². The summed E-state index contributed by atoms with van der Waals surface area (Å²) in [4.78, 5) is 40.3. The topological polar surface area (TPSA) is 96.5 Å². The molecule has 0 aliphatic rings. The van der Waals surface area contributed by atoms with Gasteiger partial charge in [0.25, 0.3) is 11.8 Å². The van der Waals surface area contributed by atoms with Crippen LogP contribution in [0.4, 0.5) is 15.8 Å². The second-order valence-electron chi connectivity index (χ2n) is 10.2. The second-order valence-corrected chi connectivity index (χ2v) is 11.9. The predicted molar refractivity (Wildman–Crippen MR) is 184 cm³/mol. The number of thioether (sulfide) groups is 1. The van der Waals surface area contributed by atoms with Crippen LogP contribution in [0, 0.1) is 5.82 Å². The van der Waals surface area contributed by atoms with E-state index < -0.39 is 22.9 Å². The van der Waals surface area contributed by atoms with E-state index in [0.717, 1.165) is 23.5 Å². The van der Waals surface area contributed by atoms with Crippen molar-refractivity contribution >= 4 is 58.5 Å². The van der Waals surface area contributed by atoms with Crippen LogP contribution in [-0.4, -0.2) is 29.6 Å². The van der Waals surface area contributed by atoms with Gasteiger partial charge in [0.1, 0.15) is 17.3 Å². The zero-order chi connectivity index (χ0) is 32.9. The van der Waals surface area contributed by atoms with E-state index in [0.29, 0.717) is 30.0 Å². The molecule has 3 N–H and O–H groups in total. The Morgan fingerprint density at radius 1 is 0.891 bits per heavy atom. The van der Waals surface area contributed by atoms with Crippen molar-refractivity contribution in [3.63, 3.8) is 0 Å². The predicted octanol–water partition coefficient (Wildman–Crippen LogP) is 8.58. The van der Waals surface area contributed by atoms with Gasteiger partial charge in [0.15, 0.2) is 0 Å². The molecule has 0 aromatic heterocycles. The van der Waals surface area contributed by atoms with Crippen molar-refractivity contribution in [3.05, 3.63) is 125 Å². The van der Waals surface area contributed by atoms with Crippen molar-refractivity contribution in [1.29, 1.82) is 0 Å². The molecule has 1 atom stereocenters. The molecule has 4 aromatic carbocycles. The van der Waals surface area contributed by atoms with E-state index in [2.05, 4.69) is 22.9 Å². The molecule has 7 nitrogen and oxygen atoms in total. The average molecular weight is 660 g/mol. The molecule has 0 heterocycles. The van der Waals surface area contributed by atoms with Gasteiger partial charge in [-0.15, -0.1) is 11.8 Å². The fraction of sp³-hybridized carbons (Fsp3) is 0.194. The summed E-state index contributed by atoms with van der Waals surface area (Å²) in [6, 6.07) is 26.8. The third-order valence-electron chi connectivity index (χ3n) is 6.74. The number of hydrogen-bond acceptors (Lipinski definition) is 5. The van der Waals surface area contributed by atoms with Gasteiger partial charge in [0.2, 0.25) is 5.91 Å². The molecule has 0 aliphatic heterocycles. The molecule has 0 radical (unpaired) electrons. The van der Waals surface area contributed by atoms with Gasteiger partial charge >= 0.3 is 0 Å². The number of benzene rings is 4. The summed E-state index contributed by atoms with van der Waals surface area (Å²) in [5.41, 5.74) is 1.16. The van der Waals surface area contributed by atoms with Crippen molar-refractivity contribution < 1.29 is 23.5 Å². The van der Waals surface area contributed by atoms with Crippen LogP contribution in [0.3, 0.4) is 0 Å². The third-order valence-corrected chi connectivity index (χ3v) is 8.43. The molecule has 0 bridgehead atoms. The van der Waals surface area contributed by atoms with Crippen molar-refractivity contribution in [1.82, 2.24) is 5.32 Å². The molecular weight excluding hydrogens is 625 g/mol. The highest BCUT2D eigenvalue weighted by atomic mass is 35.5. The monoisotopic (exact) mass is 659 g/mol. The van der Waals surface area contributed by atoms with E-state index in [4.69, 9.17) is 16.3 Å². The number of nitrogens with one attached hydrogen (secondary N) is 3. The van der Waals surface area contributed by atoms with Crippen LogP contribution in [-0.2, 0) is 9.59 Å². The Bertz CT molecular complexity index is 1660. The van der Waals surface area contributed by atoms with Crippen molar-refractivity contribution in [2.75, 3.05) is 17.2 Å². The number of hydrogen-bond donors (Lipinski definition) is 3. The van der Waals surface area contributed by atoms with Crippen molar-refractivity contribution in [2.45, 2.75) is 43.3 Å². The molecule has 0 fully saturated rings. The Morgan fingerprint density at radius 3 is 2.33 bits per heavy atom. The number of ether oxygens (including phenoxy) is 1. The molecule has 10 heteroatoms. The first-order valence-electron chi connectivity index (χ1n) is 14.9. The van der Waals surface area contributed by atoms with Crippen LogP contribution in [0.1, 0.15) is 49.0 Å². The summed E-state index contributed by atoms with van der Waals surface area (Å²) < 4.78 is 20.3. The van der Waals surface area contributed by atoms with E-state index in [9.17, 15) is 18.8 Å². The fourth-order valence-corrected chi connectivity index (χ4v) is 5.49. The lowest BCUT2D eigenvalue weighted by Gasteiger charge is -2.16. The maximum atomic E-state index is 14.6. The summed E-state index contributed by atoms with van der Waals surface area (Å²) in [6.45, 7) is 4.68. The van der Waals surface area contributed by atoms with Gasteiger partial charge in [-0.1, -0.05) is 62.2 Å². The molecule has 46 heavy (non-hydrogen) atoms. The van der Waals surface area contributed by atoms with Gasteiger partial charge < -0.3 is 20.7 Å². The van der Waals surface area contributed by atoms with Crippen LogP contribution in [0.15, 0.2) is 108 Å². The maximum Gasteiger partial charge on any atom is 0.272 e. The first-order valence-corrected chi connectivity index (χ1v) is 16.2. The Balaban J connectivity index is 1.46. The zero-order valence-electron chi connectivity index (χ0n) is 25.5. The number of unbranched alkanes of at least 4 members (excludes halogenated alkanes) is 1. The molecule has 0 spiro atoms. The van der Waals surface area contributed by atoms with E-state index >= 15 is 0 Å². The van der Waals surface area contributed by atoms with Crippen molar-refractivity contribution in [2.24, 2.45) is 0 Å². The summed E-state index contributed by atoms with van der Waals surface area (Å²) in [6.07, 6.45) is 3.79.